The number of amides is 2. The Labute approximate surface area is 274 Å². The zero-order chi connectivity index (χ0) is 31.3. The lowest BCUT2D eigenvalue weighted by atomic mass is 10.1. The van der Waals surface area contributed by atoms with Crippen molar-refractivity contribution in [3.8, 4) is 0 Å². The largest absolute Gasteiger partial charge is 0.384 e. The average Bonchev–Trinajstić information content (AvgIpc) is 3.00. The summed E-state index contributed by atoms with van der Waals surface area (Å²) in [7, 11) is 11.4. The van der Waals surface area contributed by atoms with Crippen molar-refractivity contribution in [2.45, 2.75) is 118 Å². The van der Waals surface area contributed by atoms with Gasteiger partial charge >= 0.3 is 0 Å². The molecule has 0 spiro atoms. The van der Waals surface area contributed by atoms with Crippen molar-refractivity contribution < 1.29 is 19.1 Å². The van der Waals surface area contributed by atoms with Crippen LogP contribution in [0.1, 0.15) is 118 Å². The minimum Gasteiger partial charge on any atom is -0.384 e. The van der Waals surface area contributed by atoms with E-state index < -0.39 is 0 Å². The second kappa shape index (κ2) is 30.8. The molecule has 0 saturated carbocycles. The summed E-state index contributed by atoms with van der Waals surface area (Å²) in [5, 5.41) is 0. The zero-order valence-corrected chi connectivity index (χ0v) is 30.7. The van der Waals surface area contributed by atoms with E-state index in [4.69, 9.17) is 9.47 Å². The summed E-state index contributed by atoms with van der Waals surface area (Å²) < 4.78 is 11.0. The first-order valence-electron chi connectivity index (χ1n) is 15.9. The normalized spacial score (nSPS) is 12.6. The van der Waals surface area contributed by atoms with Gasteiger partial charge in [0.25, 0.3) is 0 Å². The number of allylic oxidation sites excluding steroid dienone is 2. The van der Waals surface area contributed by atoms with E-state index in [1.54, 1.807) is 14.2 Å². The molecule has 246 valence electrons. The Kier molecular flexibility index (Phi) is 30.6. The van der Waals surface area contributed by atoms with Crippen LogP contribution < -0.4 is 0 Å². The molecule has 0 bridgehead atoms. The molecule has 0 aliphatic heterocycles. The summed E-state index contributed by atoms with van der Waals surface area (Å²) in [6, 6.07) is 0. The van der Waals surface area contributed by atoms with Gasteiger partial charge in [-0.25, -0.2) is 0 Å². The molecule has 0 aliphatic rings. The van der Waals surface area contributed by atoms with E-state index in [1.165, 1.54) is 90.3 Å². The minimum absolute atomic E-state index is 0.543. The van der Waals surface area contributed by atoms with Crippen molar-refractivity contribution in [2.75, 3.05) is 52.0 Å². The highest BCUT2D eigenvalue weighted by Crippen LogP contribution is 2.40. The Hall–Kier alpha value is -0.260. The van der Waals surface area contributed by atoms with Crippen LogP contribution in [-0.4, -0.2) is 74.6 Å². The van der Waals surface area contributed by atoms with Crippen LogP contribution in [0.15, 0.2) is 21.2 Å². The molecular formula is C32H60N2O4S4. The van der Waals surface area contributed by atoms with E-state index in [2.05, 4.69) is 32.6 Å². The number of hydrogen-bond acceptors (Lipinski definition) is 9. The summed E-state index contributed by atoms with van der Waals surface area (Å²) in [4.78, 5) is 28.0. The Morgan fingerprint density at radius 3 is 1.36 bits per heavy atom. The van der Waals surface area contributed by atoms with Gasteiger partial charge in [-0.2, -0.15) is 0 Å². The summed E-state index contributed by atoms with van der Waals surface area (Å²) in [6.45, 7) is 12.2. The van der Waals surface area contributed by atoms with Gasteiger partial charge in [-0.3, -0.25) is 14.5 Å². The third-order valence-electron chi connectivity index (χ3n) is 6.90. The van der Waals surface area contributed by atoms with Crippen LogP contribution in [0.5, 0.6) is 0 Å². The molecule has 0 heterocycles. The molecule has 42 heavy (non-hydrogen) atoms. The lowest BCUT2D eigenvalue weighted by Gasteiger charge is -2.30. The molecule has 0 fully saturated rings. The molecule has 2 amide bonds. The van der Waals surface area contributed by atoms with Crippen LogP contribution >= 0.6 is 43.2 Å². The van der Waals surface area contributed by atoms with Gasteiger partial charge in [0.15, 0.2) is 0 Å². The summed E-state index contributed by atoms with van der Waals surface area (Å²) >= 11 is 0. The molecule has 0 atom stereocenters. The summed E-state index contributed by atoms with van der Waals surface area (Å²) in [6.07, 6.45) is 17.5. The van der Waals surface area contributed by atoms with Gasteiger partial charge in [-0.15, -0.1) is 0 Å². The Bertz CT molecular complexity index is 691. The number of ether oxygens (including phenoxy) is 2. The van der Waals surface area contributed by atoms with Gasteiger partial charge in [0.05, 0.1) is 13.2 Å². The van der Waals surface area contributed by atoms with Crippen molar-refractivity contribution in [1.29, 1.82) is 0 Å². The Morgan fingerprint density at radius 1 is 0.619 bits per heavy atom. The van der Waals surface area contributed by atoms with Crippen molar-refractivity contribution in [1.82, 2.24) is 9.80 Å². The van der Waals surface area contributed by atoms with E-state index in [0.29, 0.717) is 19.4 Å². The maximum absolute atomic E-state index is 10.7. The average molecular weight is 665 g/mol. The van der Waals surface area contributed by atoms with Gasteiger partial charge in [0, 0.05) is 72.9 Å². The second-order valence-corrected chi connectivity index (χ2v) is 15.5. The number of carbonyl (C=O) groups is 2. The van der Waals surface area contributed by atoms with E-state index in [9.17, 15) is 9.59 Å². The van der Waals surface area contributed by atoms with Gasteiger partial charge in [-0.1, -0.05) is 108 Å². The molecule has 0 N–H and O–H groups in total. The number of rotatable bonds is 31. The summed E-state index contributed by atoms with van der Waals surface area (Å²) in [5.74, 6) is 2.32. The van der Waals surface area contributed by atoms with E-state index in [0.717, 1.165) is 56.9 Å². The fraction of sp³-hybridized carbons (Fsp3) is 0.812. The molecule has 10 heteroatoms. The zero-order valence-electron chi connectivity index (χ0n) is 27.5. The standard InChI is InChI=1S/C32H60N2O4S4/c1-7-25-39-41-31(19-23-37-5)29(3)34(30(4)32(20-24-38-6)42-40-26-8-2)22-18-16-14-12-10-9-11-13-15-17-21-33(27-35)28-36/h27-28H,7-26H2,1-6H3. The topological polar surface area (TPSA) is 59.1 Å². The highest BCUT2D eigenvalue weighted by atomic mass is 33.1. The van der Waals surface area contributed by atoms with Gasteiger partial charge in [0.2, 0.25) is 12.8 Å². The lowest BCUT2D eigenvalue weighted by Crippen LogP contribution is -2.23. The highest BCUT2D eigenvalue weighted by Gasteiger charge is 2.17. The molecule has 0 unspecified atom stereocenters. The Morgan fingerprint density at radius 2 is 1.00 bits per heavy atom. The van der Waals surface area contributed by atoms with Crippen molar-refractivity contribution in [2.24, 2.45) is 0 Å². The van der Waals surface area contributed by atoms with E-state index >= 15 is 0 Å². The fourth-order valence-electron chi connectivity index (χ4n) is 4.34. The lowest BCUT2D eigenvalue weighted by molar-refractivity contribution is -0.129. The summed E-state index contributed by atoms with van der Waals surface area (Å²) in [5.41, 5.74) is 2.75. The maximum Gasteiger partial charge on any atom is 0.216 e. The number of unbranched alkanes of at least 4 members (excludes halogenated alkanes) is 9. The van der Waals surface area contributed by atoms with Crippen molar-refractivity contribution >= 4 is 56.0 Å². The van der Waals surface area contributed by atoms with Crippen molar-refractivity contribution in [3.05, 3.63) is 21.2 Å². The first-order chi connectivity index (χ1) is 20.5. The van der Waals surface area contributed by atoms with Crippen LogP contribution in [0.2, 0.25) is 0 Å². The predicted molar refractivity (Wildman–Crippen MR) is 191 cm³/mol. The quantitative estimate of drug-likeness (QED) is 0.0409. The predicted octanol–water partition coefficient (Wildman–Crippen LogP) is 9.92. The van der Waals surface area contributed by atoms with Gasteiger partial charge < -0.3 is 14.4 Å². The number of carbonyl (C=O) groups excluding carboxylic acids is 2. The fourth-order valence-corrected chi connectivity index (χ4v) is 9.50. The molecule has 6 nitrogen and oxygen atoms in total. The van der Waals surface area contributed by atoms with Gasteiger partial charge in [0.1, 0.15) is 0 Å². The first-order valence-corrected chi connectivity index (χ1v) is 20.5. The third kappa shape index (κ3) is 21.4. The smallest absolute Gasteiger partial charge is 0.216 e. The van der Waals surface area contributed by atoms with Gasteiger partial charge in [-0.05, 0) is 39.5 Å². The second-order valence-electron chi connectivity index (χ2n) is 10.4. The molecule has 0 aromatic heterocycles. The highest BCUT2D eigenvalue weighted by molar-refractivity contribution is 8.78. The third-order valence-corrected chi connectivity index (χ3v) is 12.6. The maximum atomic E-state index is 10.7. The van der Waals surface area contributed by atoms with Crippen LogP contribution in [0.3, 0.4) is 0 Å². The molecule has 0 saturated heterocycles. The van der Waals surface area contributed by atoms with Crippen LogP contribution in [0, 0.1) is 0 Å². The van der Waals surface area contributed by atoms with E-state index in [1.807, 2.05) is 43.2 Å². The number of methoxy groups -OCH3 is 2. The van der Waals surface area contributed by atoms with E-state index in [-0.39, 0.29) is 0 Å². The van der Waals surface area contributed by atoms with Crippen LogP contribution in [-0.2, 0) is 19.1 Å². The van der Waals surface area contributed by atoms with Crippen LogP contribution in [0.25, 0.3) is 0 Å². The molecule has 0 aromatic rings. The first kappa shape index (κ1) is 41.7. The molecular weight excluding hydrogens is 605 g/mol. The Balaban J connectivity index is 5.14. The monoisotopic (exact) mass is 664 g/mol. The SMILES string of the molecule is CCCSSC(CCOC)=C(C)N(CCCCCCCCCCCCN(C=O)C=O)C(C)=C(CCOC)SSCCC. The molecule has 0 aromatic carbocycles. The number of imide groups is 1. The van der Waals surface area contributed by atoms with Crippen molar-refractivity contribution in [3.63, 3.8) is 0 Å². The minimum atomic E-state index is 0.543. The number of nitrogens with zero attached hydrogens (tertiary/aromatic N) is 2. The van der Waals surface area contributed by atoms with Crippen LogP contribution in [0.4, 0.5) is 0 Å². The number of hydrogen-bond donors (Lipinski definition) is 0. The molecule has 0 aliphatic carbocycles. The molecule has 0 rings (SSSR count). The molecule has 0 radical (unpaired) electrons.